The maximum Gasteiger partial charge on any atom is 0.433 e. The van der Waals surface area contributed by atoms with Crippen molar-refractivity contribution >= 4 is 29.2 Å². The van der Waals surface area contributed by atoms with Crippen molar-refractivity contribution in [1.29, 1.82) is 0 Å². The van der Waals surface area contributed by atoms with Gasteiger partial charge < -0.3 is 5.32 Å². The molecule has 0 fully saturated rings. The summed E-state index contributed by atoms with van der Waals surface area (Å²) in [7, 11) is 0. The molecule has 0 aliphatic carbocycles. The highest BCUT2D eigenvalue weighted by Crippen LogP contribution is 2.29. The Morgan fingerprint density at radius 3 is 2.67 bits per heavy atom. The molecule has 0 saturated carbocycles. The Kier molecular flexibility index (Phi) is 5.52. The molecule has 0 saturated heterocycles. The van der Waals surface area contributed by atoms with E-state index in [2.05, 4.69) is 15.3 Å². The van der Waals surface area contributed by atoms with Gasteiger partial charge in [-0.15, -0.1) is 0 Å². The molecule has 3 nitrogen and oxygen atoms in total. The van der Waals surface area contributed by atoms with Crippen molar-refractivity contribution in [3.8, 4) is 0 Å². The second-order valence-corrected chi connectivity index (χ2v) is 5.28. The topological polar surface area (TPSA) is 37.8 Å². The van der Waals surface area contributed by atoms with E-state index in [1.807, 2.05) is 13.2 Å². The largest absolute Gasteiger partial charge is 0.433 e. The lowest BCUT2D eigenvalue weighted by molar-refractivity contribution is -0.141. The third kappa shape index (κ3) is 4.89. The fourth-order valence-corrected chi connectivity index (χ4v) is 1.71. The number of thioether (sulfide) groups is 1. The van der Waals surface area contributed by atoms with Crippen LogP contribution < -0.4 is 5.32 Å². The summed E-state index contributed by atoms with van der Waals surface area (Å²) in [5.74, 6) is 0.0932. The molecule has 1 atom stereocenters. The van der Waals surface area contributed by atoms with Crippen LogP contribution in [0, 0.1) is 0 Å². The van der Waals surface area contributed by atoms with Crippen LogP contribution in [0.5, 0.6) is 0 Å². The van der Waals surface area contributed by atoms with Gasteiger partial charge in [0.25, 0.3) is 0 Å². The molecular weight excluding hydrogens is 287 g/mol. The zero-order valence-electron chi connectivity index (χ0n) is 9.88. The summed E-state index contributed by atoms with van der Waals surface area (Å²) >= 11 is 7.15. The number of alkyl halides is 3. The fourth-order valence-electron chi connectivity index (χ4n) is 1.17. The second kappa shape index (κ2) is 6.47. The minimum absolute atomic E-state index is 0.0932. The summed E-state index contributed by atoms with van der Waals surface area (Å²) in [5, 5.41) is 2.83. The molecule has 0 spiro atoms. The summed E-state index contributed by atoms with van der Waals surface area (Å²) < 4.78 is 37.4. The Bertz CT molecular complexity index is 400. The van der Waals surface area contributed by atoms with Crippen molar-refractivity contribution in [2.24, 2.45) is 0 Å². The highest BCUT2D eigenvalue weighted by Gasteiger charge is 2.33. The molecule has 0 bridgehead atoms. The van der Waals surface area contributed by atoms with Gasteiger partial charge in [-0.25, -0.2) is 9.97 Å². The van der Waals surface area contributed by atoms with Crippen molar-refractivity contribution in [2.75, 3.05) is 18.1 Å². The zero-order valence-corrected chi connectivity index (χ0v) is 11.5. The minimum atomic E-state index is -4.52. The molecule has 1 aromatic rings. The molecule has 0 aliphatic rings. The average molecular weight is 300 g/mol. The van der Waals surface area contributed by atoms with E-state index in [1.54, 1.807) is 11.8 Å². The lowest BCUT2D eigenvalue weighted by atomic mass is 10.3. The van der Waals surface area contributed by atoms with Gasteiger partial charge in [0.2, 0.25) is 5.28 Å². The minimum Gasteiger partial charge on any atom is -0.370 e. The zero-order chi connectivity index (χ0) is 13.8. The van der Waals surface area contributed by atoms with Crippen molar-refractivity contribution in [1.82, 2.24) is 9.97 Å². The number of halogens is 4. The van der Waals surface area contributed by atoms with Gasteiger partial charge in [-0.3, -0.25) is 0 Å². The predicted molar refractivity (Wildman–Crippen MR) is 68.1 cm³/mol. The maximum atomic E-state index is 12.5. The Balaban J connectivity index is 2.69. The number of nitrogens with one attached hydrogen (secondary N) is 1. The van der Waals surface area contributed by atoms with Crippen LogP contribution in [0.15, 0.2) is 6.07 Å². The smallest absolute Gasteiger partial charge is 0.370 e. The van der Waals surface area contributed by atoms with Crippen LogP contribution in [0.2, 0.25) is 5.28 Å². The van der Waals surface area contributed by atoms with Crippen LogP contribution in [0.25, 0.3) is 0 Å². The van der Waals surface area contributed by atoms with Gasteiger partial charge in [-0.05, 0) is 24.3 Å². The first-order chi connectivity index (χ1) is 8.32. The molecule has 8 heteroatoms. The highest BCUT2D eigenvalue weighted by molar-refractivity contribution is 7.99. The normalized spacial score (nSPS) is 13.4. The van der Waals surface area contributed by atoms with Gasteiger partial charge in [0.05, 0.1) is 0 Å². The Morgan fingerprint density at radius 1 is 1.44 bits per heavy atom. The molecule has 18 heavy (non-hydrogen) atoms. The van der Waals surface area contributed by atoms with Gasteiger partial charge in [0, 0.05) is 17.9 Å². The Morgan fingerprint density at radius 2 is 2.11 bits per heavy atom. The number of rotatable bonds is 5. The highest BCUT2D eigenvalue weighted by atomic mass is 35.5. The third-order valence-corrected chi connectivity index (χ3v) is 3.46. The van der Waals surface area contributed by atoms with Crippen LogP contribution in [-0.4, -0.2) is 28.0 Å². The first-order valence-electron chi connectivity index (χ1n) is 5.21. The van der Waals surface area contributed by atoms with E-state index >= 15 is 0 Å². The van der Waals surface area contributed by atoms with Crippen LogP contribution >= 0.6 is 23.4 Å². The second-order valence-electron chi connectivity index (χ2n) is 3.67. The molecule has 1 unspecified atom stereocenters. The van der Waals surface area contributed by atoms with E-state index in [9.17, 15) is 13.2 Å². The molecule has 1 N–H and O–H groups in total. The summed E-state index contributed by atoms with van der Waals surface area (Å²) in [6.07, 6.45) is -1.71. The fraction of sp³-hybridized carbons (Fsp3) is 0.600. The number of hydrogen-bond donors (Lipinski definition) is 1. The van der Waals surface area contributed by atoms with E-state index in [4.69, 9.17) is 11.6 Å². The first kappa shape index (κ1) is 15.4. The monoisotopic (exact) mass is 299 g/mol. The van der Waals surface area contributed by atoms with Gasteiger partial charge in [0.1, 0.15) is 5.82 Å². The lowest BCUT2D eigenvalue weighted by Crippen LogP contribution is -2.13. The first-order valence-corrected chi connectivity index (χ1v) is 6.88. The molecule has 0 radical (unpaired) electrons. The van der Waals surface area contributed by atoms with E-state index < -0.39 is 17.2 Å². The molecular formula is C10H13ClF3N3S. The SMILES string of the molecule is CSC(C)CCNc1cc(C(F)(F)F)nc(Cl)n1. The van der Waals surface area contributed by atoms with Crippen molar-refractivity contribution in [3.05, 3.63) is 17.0 Å². The number of nitrogens with zero attached hydrogens (tertiary/aromatic N) is 2. The Hall–Kier alpha value is -0.690. The van der Waals surface area contributed by atoms with Crippen LogP contribution in [0.1, 0.15) is 19.0 Å². The molecule has 1 heterocycles. The van der Waals surface area contributed by atoms with Gasteiger partial charge in [-0.1, -0.05) is 6.92 Å². The van der Waals surface area contributed by atoms with Crippen LogP contribution in [0.4, 0.5) is 19.0 Å². The number of anilines is 1. The molecule has 0 aromatic carbocycles. The number of hydrogen-bond acceptors (Lipinski definition) is 4. The lowest BCUT2D eigenvalue weighted by Gasteiger charge is -2.11. The number of aromatic nitrogens is 2. The van der Waals surface area contributed by atoms with Gasteiger partial charge in [-0.2, -0.15) is 24.9 Å². The van der Waals surface area contributed by atoms with Crippen molar-refractivity contribution in [3.63, 3.8) is 0 Å². The van der Waals surface area contributed by atoms with Crippen molar-refractivity contribution in [2.45, 2.75) is 24.8 Å². The molecule has 0 aliphatic heterocycles. The van der Waals surface area contributed by atoms with Gasteiger partial charge >= 0.3 is 6.18 Å². The predicted octanol–water partition coefficient (Wildman–Crippen LogP) is 3.70. The molecule has 0 amide bonds. The molecule has 1 aromatic heterocycles. The molecule has 1 rings (SSSR count). The van der Waals surface area contributed by atoms with E-state index in [0.717, 1.165) is 12.5 Å². The van der Waals surface area contributed by atoms with E-state index in [-0.39, 0.29) is 5.82 Å². The summed E-state index contributed by atoms with van der Waals surface area (Å²) in [6, 6.07) is 0.857. The van der Waals surface area contributed by atoms with Crippen molar-refractivity contribution < 1.29 is 13.2 Å². The van der Waals surface area contributed by atoms with E-state index in [1.165, 1.54) is 0 Å². The van der Waals surface area contributed by atoms with E-state index in [0.29, 0.717) is 11.8 Å². The van der Waals surface area contributed by atoms with Gasteiger partial charge in [0.15, 0.2) is 5.69 Å². The summed E-state index contributed by atoms with van der Waals surface area (Å²) in [6.45, 7) is 2.58. The third-order valence-electron chi connectivity index (χ3n) is 2.25. The van der Waals surface area contributed by atoms with Crippen LogP contribution in [0.3, 0.4) is 0 Å². The van der Waals surface area contributed by atoms with Crippen LogP contribution in [-0.2, 0) is 6.18 Å². The standard InChI is InChI=1S/C10H13ClF3N3S/c1-6(18-2)3-4-15-8-5-7(10(12,13)14)16-9(11)17-8/h5-6H,3-4H2,1-2H3,(H,15,16,17). The quantitative estimate of drug-likeness (QED) is 0.841. The summed E-state index contributed by atoms with van der Waals surface area (Å²) in [5.41, 5.74) is -1.04. The average Bonchev–Trinajstić information content (AvgIpc) is 2.27. The maximum absolute atomic E-state index is 12.5. The molecule has 102 valence electrons. The summed E-state index contributed by atoms with van der Waals surface area (Å²) in [4.78, 5) is 6.86. The Labute approximate surface area is 113 Å².